The molecule has 0 unspecified atom stereocenters. The number of hydrogen-bond donors (Lipinski definition) is 0. The summed E-state index contributed by atoms with van der Waals surface area (Å²) >= 11 is 0. The molecule has 0 N–H and O–H groups in total. The summed E-state index contributed by atoms with van der Waals surface area (Å²) in [6.45, 7) is 3.98. The fraction of sp³-hybridized carbons (Fsp3) is 0. The molecule has 0 aromatic heterocycles. The first-order chi connectivity index (χ1) is 9.16. The Labute approximate surface area is 111 Å². The second-order valence-corrected chi connectivity index (χ2v) is 4.08. The van der Waals surface area contributed by atoms with E-state index < -0.39 is 4.92 Å². The molecule has 0 radical (unpaired) electrons. The summed E-state index contributed by atoms with van der Waals surface area (Å²) in [5.41, 5.74) is 2.77. The first-order valence-electron chi connectivity index (χ1n) is 5.84. The predicted octanol–water partition coefficient (Wildman–Crippen LogP) is 4.32. The molecule has 0 atom stereocenters. The number of nitrogens with zero attached hydrogens (tertiary/aromatic N) is 1. The minimum Gasteiger partial charge on any atom is -0.258 e. The van der Waals surface area contributed by atoms with Crippen LogP contribution in [0.3, 0.4) is 0 Å². The van der Waals surface area contributed by atoms with Gasteiger partial charge in [0.1, 0.15) is 0 Å². The molecular weight excluding hydrogens is 238 g/mol. The minimum absolute atomic E-state index is 0.0903. The molecule has 0 amide bonds. The van der Waals surface area contributed by atoms with Gasteiger partial charge < -0.3 is 0 Å². The van der Waals surface area contributed by atoms with Crippen LogP contribution in [0.1, 0.15) is 11.1 Å². The van der Waals surface area contributed by atoms with Gasteiger partial charge in [-0.05, 0) is 16.7 Å². The van der Waals surface area contributed by atoms with Gasteiger partial charge in [-0.1, -0.05) is 61.2 Å². The number of nitro benzene ring substituents is 1. The average molecular weight is 251 g/mol. The second kappa shape index (κ2) is 5.78. The molecular formula is C16H13NO2. The molecule has 0 aliphatic rings. The van der Waals surface area contributed by atoms with Crippen molar-refractivity contribution in [1.82, 2.24) is 0 Å². The molecule has 19 heavy (non-hydrogen) atoms. The molecule has 3 nitrogen and oxygen atoms in total. The van der Waals surface area contributed by atoms with Crippen LogP contribution in [-0.4, -0.2) is 4.92 Å². The number of rotatable bonds is 4. The van der Waals surface area contributed by atoms with Crippen molar-refractivity contribution in [1.29, 1.82) is 0 Å². The zero-order chi connectivity index (χ0) is 13.7. The van der Waals surface area contributed by atoms with E-state index in [9.17, 15) is 10.1 Å². The Morgan fingerprint density at radius 1 is 1.11 bits per heavy atom. The summed E-state index contributed by atoms with van der Waals surface area (Å²) in [5, 5.41) is 10.7. The van der Waals surface area contributed by atoms with Crippen molar-refractivity contribution in [3.05, 3.63) is 88.5 Å². The van der Waals surface area contributed by atoms with Crippen LogP contribution in [0.5, 0.6) is 0 Å². The molecule has 0 saturated carbocycles. The predicted molar refractivity (Wildman–Crippen MR) is 77.6 cm³/mol. The molecule has 0 saturated heterocycles. The van der Waals surface area contributed by atoms with Crippen LogP contribution in [0.15, 0.2) is 67.3 Å². The molecule has 0 heterocycles. The van der Waals surface area contributed by atoms with E-state index in [2.05, 4.69) is 6.58 Å². The van der Waals surface area contributed by atoms with Crippen LogP contribution in [0.4, 0.5) is 5.69 Å². The quantitative estimate of drug-likeness (QED) is 0.461. The summed E-state index contributed by atoms with van der Waals surface area (Å²) in [6, 6.07) is 16.3. The van der Waals surface area contributed by atoms with Crippen molar-refractivity contribution >= 4 is 17.3 Å². The van der Waals surface area contributed by atoms with Crippen LogP contribution in [0.25, 0.3) is 11.6 Å². The normalized spacial score (nSPS) is 10.5. The molecule has 0 aliphatic heterocycles. The van der Waals surface area contributed by atoms with E-state index in [1.165, 1.54) is 12.1 Å². The lowest BCUT2D eigenvalue weighted by atomic mass is 10.1. The number of nitro groups is 1. The Kier molecular flexibility index (Phi) is 3.88. The van der Waals surface area contributed by atoms with Gasteiger partial charge in [0.05, 0.1) is 4.92 Å². The molecule has 2 aromatic rings. The van der Waals surface area contributed by atoms with Crippen molar-refractivity contribution in [2.24, 2.45) is 0 Å². The van der Waals surface area contributed by atoms with E-state index in [0.717, 1.165) is 16.7 Å². The highest BCUT2D eigenvalue weighted by Crippen LogP contribution is 2.17. The highest BCUT2D eigenvalue weighted by atomic mass is 16.6. The minimum atomic E-state index is -0.399. The fourth-order valence-corrected chi connectivity index (χ4v) is 1.69. The monoisotopic (exact) mass is 251 g/mol. The standard InChI is InChI=1S/C16H13NO2/c1-13(15-7-3-2-4-8-15)10-11-14-6-5-9-16(12-14)17(18)19/h2-12H,1H2. The summed E-state index contributed by atoms with van der Waals surface area (Å²) in [6.07, 6.45) is 3.68. The Bertz CT molecular complexity index is 630. The third-order valence-corrected chi connectivity index (χ3v) is 2.70. The van der Waals surface area contributed by atoms with Crippen LogP contribution >= 0.6 is 0 Å². The van der Waals surface area contributed by atoms with Crippen LogP contribution < -0.4 is 0 Å². The molecule has 0 fully saturated rings. The van der Waals surface area contributed by atoms with Gasteiger partial charge in [0.15, 0.2) is 0 Å². The molecule has 0 spiro atoms. The highest BCUT2D eigenvalue weighted by Gasteiger charge is 2.03. The molecule has 0 aliphatic carbocycles. The van der Waals surface area contributed by atoms with E-state index in [1.54, 1.807) is 6.07 Å². The zero-order valence-electron chi connectivity index (χ0n) is 10.3. The molecule has 2 aromatic carbocycles. The van der Waals surface area contributed by atoms with Gasteiger partial charge in [-0.15, -0.1) is 0 Å². The second-order valence-electron chi connectivity index (χ2n) is 4.08. The van der Waals surface area contributed by atoms with Crippen LogP contribution in [-0.2, 0) is 0 Å². The van der Waals surface area contributed by atoms with E-state index in [-0.39, 0.29) is 5.69 Å². The van der Waals surface area contributed by atoms with Gasteiger partial charge in [-0.2, -0.15) is 0 Å². The lowest BCUT2D eigenvalue weighted by Crippen LogP contribution is -1.87. The van der Waals surface area contributed by atoms with E-state index >= 15 is 0 Å². The lowest BCUT2D eigenvalue weighted by Gasteiger charge is -1.99. The van der Waals surface area contributed by atoms with Crippen molar-refractivity contribution in [3.8, 4) is 0 Å². The topological polar surface area (TPSA) is 43.1 Å². The molecule has 94 valence electrons. The number of benzene rings is 2. The van der Waals surface area contributed by atoms with E-state index in [4.69, 9.17) is 0 Å². The molecule has 3 heteroatoms. The third kappa shape index (κ3) is 3.39. The van der Waals surface area contributed by atoms with Crippen molar-refractivity contribution in [2.45, 2.75) is 0 Å². The van der Waals surface area contributed by atoms with E-state index in [1.807, 2.05) is 48.6 Å². The van der Waals surface area contributed by atoms with Gasteiger partial charge in [0.2, 0.25) is 0 Å². The van der Waals surface area contributed by atoms with Crippen molar-refractivity contribution < 1.29 is 4.92 Å². The van der Waals surface area contributed by atoms with Crippen molar-refractivity contribution in [3.63, 3.8) is 0 Å². The van der Waals surface area contributed by atoms with Crippen molar-refractivity contribution in [2.75, 3.05) is 0 Å². The maximum atomic E-state index is 10.7. The fourth-order valence-electron chi connectivity index (χ4n) is 1.69. The number of allylic oxidation sites excluding steroid dienone is 2. The first kappa shape index (κ1) is 12.8. The van der Waals surface area contributed by atoms with Crippen LogP contribution in [0.2, 0.25) is 0 Å². The van der Waals surface area contributed by atoms with Gasteiger partial charge in [0, 0.05) is 12.1 Å². The average Bonchev–Trinajstić information content (AvgIpc) is 2.46. The third-order valence-electron chi connectivity index (χ3n) is 2.70. The van der Waals surface area contributed by atoms with Gasteiger partial charge in [0.25, 0.3) is 5.69 Å². The highest BCUT2D eigenvalue weighted by molar-refractivity contribution is 5.77. The van der Waals surface area contributed by atoms with E-state index in [0.29, 0.717) is 0 Å². The Balaban J connectivity index is 2.17. The van der Waals surface area contributed by atoms with Crippen LogP contribution in [0, 0.1) is 10.1 Å². The first-order valence-corrected chi connectivity index (χ1v) is 5.84. The smallest absolute Gasteiger partial charge is 0.258 e. The Morgan fingerprint density at radius 2 is 1.84 bits per heavy atom. The lowest BCUT2D eigenvalue weighted by molar-refractivity contribution is -0.384. The van der Waals surface area contributed by atoms with Gasteiger partial charge >= 0.3 is 0 Å². The Hall–Kier alpha value is -2.68. The summed E-state index contributed by atoms with van der Waals surface area (Å²) < 4.78 is 0. The number of non-ortho nitro benzene ring substituents is 1. The molecule has 2 rings (SSSR count). The summed E-state index contributed by atoms with van der Waals surface area (Å²) in [4.78, 5) is 10.3. The van der Waals surface area contributed by atoms with Gasteiger partial charge in [-0.25, -0.2) is 0 Å². The largest absolute Gasteiger partial charge is 0.270 e. The van der Waals surface area contributed by atoms with Gasteiger partial charge in [-0.3, -0.25) is 10.1 Å². The molecule has 0 bridgehead atoms. The Morgan fingerprint density at radius 3 is 2.53 bits per heavy atom. The zero-order valence-corrected chi connectivity index (χ0v) is 10.3. The number of hydrogen-bond acceptors (Lipinski definition) is 2. The maximum absolute atomic E-state index is 10.7. The SMILES string of the molecule is C=C(C=Cc1cccc([N+](=O)[O-])c1)c1ccccc1. The maximum Gasteiger partial charge on any atom is 0.270 e. The summed E-state index contributed by atoms with van der Waals surface area (Å²) in [5.74, 6) is 0. The summed E-state index contributed by atoms with van der Waals surface area (Å²) in [7, 11) is 0.